The van der Waals surface area contributed by atoms with Gasteiger partial charge in [-0.05, 0) is 120 Å². The van der Waals surface area contributed by atoms with Crippen LogP contribution < -0.4 is 11.1 Å². The van der Waals surface area contributed by atoms with Gasteiger partial charge in [-0.1, -0.05) is 0 Å². The Labute approximate surface area is 301 Å². The molecule has 2 aromatic rings. The van der Waals surface area contributed by atoms with Gasteiger partial charge in [0.15, 0.2) is 0 Å². The summed E-state index contributed by atoms with van der Waals surface area (Å²) in [4.78, 5) is 45.3. The first-order chi connectivity index (χ1) is 24.6. The molecule has 2 aliphatic heterocycles. The second-order valence-electron chi connectivity index (χ2n) is 15.5. The Morgan fingerprint density at radius 3 is 2.41 bits per heavy atom. The summed E-state index contributed by atoms with van der Waals surface area (Å²) < 4.78 is 36.0. The highest BCUT2D eigenvalue weighted by Crippen LogP contribution is 2.42. The number of fused-ring (bicyclic) bond motifs is 1. The van der Waals surface area contributed by atoms with Crippen LogP contribution in [0.4, 0.5) is 10.1 Å². The molecule has 3 heterocycles. The topological polar surface area (TPSA) is 137 Å². The van der Waals surface area contributed by atoms with Crippen LogP contribution >= 0.6 is 0 Å². The smallest absolute Gasteiger partial charge is 0.374 e. The van der Waals surface area contributed by atoms with Gasteiger partial charge < -0.3 is 34.6 Å². The molecule has 2 amide bonds. The maximum absolute atomic E-state index is 14.2. The van der Waals surface area contributed by atoms with Gasteiger partial charge in [-0.15, -0.1) is 0 Å². The number of esters is 1. The fraction of sp³-hybridized carbons (Fsp3) is 0.718. The van der Waals surface area contributed by atoms with Crippen molar-refractivity contribution in [3.63, 3.8) is 0 Å². The molecular formula is C39H57FN4O7. The first-order valence-corrected chi connectivity index (χ1v) is 19.2. The van der Waals surface area contributed by atoms with Gasteiger partial charge in [-0.25, -0.2) is 9.18 Å². The molecule has 3 N–H and O–H groups in total. The van der Waals surface area contributed by atoms with Crippen molar-refractivity contribution < 1.29 is 37.4 Å². The van der Waals surface area contributed by atoms with E-state index in [1.807, 2.05) is 4.90 Å². The van der Waals surface area contributed by atoms with E-state index in [0.717, 1.165) is 64.6 Å². The van der Waals surface area contributed by atoms with E-state index in [-0.39, 0.29) is 60.2 Å². The number of benzene rings is 1. The number of nitrogens with one attached hydrogen (secondary N) is 1. The van der Waals surface area contributed by atoms with Crippen LogP contribution in [-0.4, -0.2) is 105 Å². The van der Waals surface area contributed by atoms with Crippen molar-refractivity contribution in [2.24, 2.45) is 29.4 Å². The molecule has 4 aliphatic rings. The minimum Gasteiger partial charge on any atom is -0.460 e. The van der Waals surface area contributed by atoms with Gasteiger partial charge in [0.2, 0.25) is 17.6 Å². The molecule has 0 spiro atoms. The number of morpholine rings is 1. The molecule has 2 saturated carbocycles. The summed E-state index contributed by atoms with van der Waals surface area (Å²) in [5, 5.41) is 3.79. The van der Waals surface area contributed by atoms with Crippen molar-refractivity contribution in [1.29, 1.82) is 0 Å². The number of halogens is 1. The lowest BCUT2D eigenvalue weighted by atomic mass is 9.75. The quantitative estimate of drug-likeness (QED) is 0.214. The predicted octanol–water partition coefficient (Wildman–Crippen LogP) is 5.55. The van der Waals surface area contributed by atoms with E-state index in [4.69, 9.17) is 24.4 Å². The highest BCUT2D eigenvalue weighted by atomic mass is 19.1. The van der Waals surface area contributed by atoms with E-state index < -0.39 is 24.7 Å². The first-order valence-electron chi connectivity index (χ1n) is 19.2. The number of hydrogen-bond donors (Lipinski definition) is 2. The van der Waals surface area contributed by atoms with Crippen LogP contribution in [0.5, 0.6) is 0 Å². The van der Waals surface area contributed by atoms with Crippen molar-refractivity contribution >= 4 is 34.4 Å². The molecule has 6 rings (SSSR count). The van der Waals surface area contributed by atoms with E-state index in [1.54, 1.807) is 31.4 Å². The van der Waals surface area contributed by atoms with Gasteiger partial charge in [0.05, 0.1) is 24.9 Å². The Bertz CT molecular complexity index is 1480. The number of rotatable bonds is 12. The number of nitrogens with zero attached hydrogens (tertiary/aromatic N) is 2. The van der Waals surface area contributed by atoms with Crippen LogP contribution in [0.1, 0.15) is 88.6 Å². The van der Waals surface area contributed by atoms with Gasteiger partial charge in [0, 0.05) is 56.3 Å². The maximum atomic E-state index is 14.2. The fourth-order valence-electron chi connectivity index (χ4n) is 9.23. The number of carbonyl (C=O) groups is 3. The number of furan rings is 1. The van der Waals surface area contributed by atoms with Crippen molar-refractivity contribution in [3.8, 4) is 0 Å². The molecule has 282 valence electrons. The predicted molar refractivity (Wildman–Crippen MR) is 192 cm³/mol. The van der Waals surface area contributed by atoms with E-state index >= 15 is 0 Å². The van der Waals surface area contributed by atoms with E-state index in [9.17, 15) is 18.8 Å². The van der Waals surface area contributed by atoms with Crippen molar-refractivity contribution in [3.05, 3.63) is 30.0 Å². The summed E-state index contributed by atoms with van der Waals surface area (Å²) in [5.41, 5.74) is 7.08. The molecule has 51 heavy (non-hydrogen) atoms. The van der Waals surface area contributed by atoms with Crippen LogP contribution in [0.3, 0.4) is 0 Å². The third-order valence-corrected chi connectivity index (χ3v) is 11.9. The fourth-order valence-corrected chi connectivity index (χ4v) is 9.23. The molecule has 11 nitrogen and oxygen atoms in total. The summed E-state index contributed by atoms with van der Waals surface area (Å²) >= 11 is 0. The normalized spacial score (nSPS) is 31.0. The van der Waals surface area contributed by atoms with Crippen LogP contribution in [-0.2, 0) is 23.8 Å². The average Bonchev–Trinajstić information content (AvgIpc) is 3.77. The van der Waals surface area contributed by atoms with Crippen LogP contribution in [0.25, 0.3) is 11.0 Å². The lowest BCUT2D eigenvalue weighted by Gasteiger charge is -2.37. The van der Waals surface area contributed by atoms with Crippen molar-refractivity contribution in [2.45, 2.75) is 108 Å². The third kappa shape index (κ3) is 9.12. The van der Waals surface area contributed by atoms with Gasteiger partial charge in [0.25, 0.3) is 0 Å². The molecule has 12 heteroatoms. The van der Waals surface area contributed by atoms with Gasteiger partial charge in [-0.3, -0.25) is 14.5 Å². The Hall–Kier alpha value is -3.06. The Morgan fingerprint density at radius 2 is 1.73 bits per heavy atom. The number of nitrogens with two attached hydrogens (primary N) is 1. The standard InChI is InChI=1S/C39H57FN4O7/c1-24-22-43(23-25(2)50-24)16-4-18-49-39(47)35-20-29-19-30(11-14-34(29)51-35)42-37(45)36-32(26-9-12-31(48-3)13-10-26)15-17-44(36)38(46)28-7-5-27(6-8-28)33(41)21-40/h11,14,19-20,24-28,31-33,36H,4-10,12-13,15-18,21-23,41H2,1-3H3,(H,42,45)/t24-,25+,26?,27-,28-,31?,32?,33-,36+/m1/s1. The minimum absolute atomic E-state index is 0.0259. The number of methoxy groups -OCH3 is 1. The lowest BCUT2D eigenvalue weighted by Crippen LogP contribution is -2.50. The van der Waals surface area contributed by atoms with E-state index in [2.05, 4.69) is 24.1 Å². The number of amides is 2. The number of ether oxygens (including phenoxy) is 3. The molecule has 2 aliphatic carbocycles. The highest BCUT2D eigenvalue weighted by Gasteiger charge is 2.47. The molecule has 2 saturated heterocycles. The van der Waals surface area contributed by atoms with Crippen molar-refractivity contribution in [1.82, 2.24) is 9.80 Å². The SMILES string of the molecule is COC1CCC(C2CCN(C(=O)[C@H]3CC[C@H]([C@H](N)CF)CC3)[C@@H]2C(=O)Nc2ccc3oc(C(=O)OCCCN4C[C@@H](C)O[C@@H](C)C4)cc3c2)CC1. The Kier molecular flexibility index (Phi) is 12.7. The monoisotopic (exact) mass is 712 g/mol. The largest absolute Gasteiger partial charge is 0.460 e. The molecule has 4 fully saturated rings. The number of anilines is 1. The number of carbonyl (C=O) groups excluding carboxylic acids is 3. The molecule has 1 aromatic carbocycles. The van der Waals surface area contributed by atoms with Crippen LogP contribution in [0.15, 0.2) is 28.7 Å². The third-order valence-electron chi connectivity index (χ3n) is 11.9. The van der Waals surface area contributed by atoms with Gasteiger partial charge >= 0.3 is 5.97 Å². The Morgan fingerprint density at radius 1 is 1.00 bits per heavy atom. The van der Waals surface area contributed by atoms with Gasteiger partial charge in [0.1, 0.15) is 18.3 Å². The molecule has 1 aromatic heterocycles. The number of hydrogen-bond acceptors (Lipinski definition) is 9. The molecule has 1 unspecified atom stereocenters. The Balaban J connectivity index is 1.09. The second kappa shape index (κ2) is 17.2. The first kappa shape index (κ1) is 37.7. The van der Waals surface area contributed by atoms with E-state index in [1.165, 1.54) is 0 Å². The van der Waals surface area contributed by atoms with E-state index in [0.29, 0.717) is 48.4 Å². The highest BCUT2D eigenvalue weighted by molar-refractivity contribution is 6.00. The van der Waals surface area contributed by atoms with Crippen molar-refractivity contribution in [2.75, 3.05) is 51.9 Å². The lowest BCUT2D eigenvalue weighted by molar-refractivity contribution is -0.142. The zero-order valence-corrected chi connectivity index (χ0v) is 30.5. The summed E-state index contributed by atoms with van der Waals surface area (Å²) in [6.07, 6.45) is 8.73. The molecule has 0 bridgehead atoms. The number of likely N-dealkylation sites (tertiary alicyclic amines) is 1. The molecule has 0 radical (unpaired) electrons. The minimum atomic E-state index is -0.582. The van der Waals surface area contributed by atoms with Gasteiger partial charge in [-0.2, -0.15) is 0 Å². The summed E-state index contributed by atoms with van der Waals surface area (Å²) in [5.74, 6) is -0.285. The second-order valence-corrected chi connectivity index (χ2v) is 15.5. The maximum Gasteiger partial charge on any atom is 0.374 e. The number of alkyl halides is 1. The molecular weight excluding hydrogens is 655 g/mol. The zero-order valence-electron chi connectivity index (χ0n) is 30.5. The van der Waals surface area contributed by atoms with Crippen LogP contribution in [0.2, 0.25) is 0 Å². The summed E-state index contributed by atoms with van der Waals surface area (Å²) in [6.45, 7) is 6.98. The zero-order chi connectivity index (χ0) is 36.1. The summed E-state index contributed by atoms with van der Waals surface area (Å²) in [7, 11) is 1.75. The molecule has 5 atom stereocenters. The van der Waals surface area contributed by atoms with Crippen LogP contribution in [0, 0.1) is 23.7 Å². The average molecular weight is 713 g/mol. The summed E-state index contributed by atoms with van der Waals surface area (Å²) in [6, 6.07) is 5.88.